The molecule has 180 valence electrons. The number of allylic oxidation sites excluding steroid dienone is 8. The number of hydrogen-bond donors (Lipinski definition) is 3. The largest absolute Gasteiger partial charge is 0.412 e. The number of rotatable bonds is 6. The van der Waals surface area contributed by atoms with Gasteiger partial charge in [-0.25, -0.2) is 9.78 Å². The number of aromatic nitrogens is 3. The van der Waals surface area contributed by atoms with Crippen molar-refractivity contribution in [2.24, 2.45) is 0 Å². The van der Waals surface area contributed by atoms with E-state index in [9.17, 15) is 18.0 Å². The molecule has 2 heterocycles. The lowest BCUT2D eigenvalue weighted by Gasteiger charge is -2.19. The van der Waals surface area contributed by atoms with Gasteiger partial charge in [0.15, 0.2) is 5.65 Å². The van der Waals surface area contributed by atoms with Gasteiger partial charge in [0.25, 0.3) is 0 Å². The maximum Gasteiger partial charge on any atom is 0.412 e. The van der Waals surface area contributed by atoms with Crippen LogP contribution in [-0.2, 0) is 0 Å². The Kier molecular flexibility index (Phi) is 7.32. The van der Waals surface area contributed by atoms with Crippen LogP contribution in [0.2, 0.25) is 0 Å². The van der Waals surface area contributed by atoms with Gasteiger partial charge >= 0.3 is 12.2 Å². The first-order valence-electron chi connectivity index (χ1n) is 10.5. The van der Waals surface area contributed by atoms with Gasteiger partial charge in [0.05, 0.1) is 16.4 Å². The summed E-state index contributed by atoms with van der Waals surface area (Å²) in [7, 11) is 0. The van der Waals surface area contributed by atoms with E-state index in [-0.39, 0.29) is 25.3 Å². The molecule has 3 N–H and O–H groups in total. The Morgan fingerprint density at radius 3 is 2.76 bits per heavy atom. The molecule has 7 nitrogen and oxygen atoms in total. The molecule has 2 aliphatic carbocycles. The van der Waals surface area contributed by atoms with Gasteiger partial charge in [0.2, 0.25) is 0 Å². The van der Waals surface area contributed by atoms with Crippen molar-refractivity contribution in [3.63, 3.8) is 0 Å². The molecule has 0 saturated carbocycles. The molecule has 0 aliphatic heterocycles. The highest BCUT2D eigenvalue weighted by molar-refractivity contribution is 9.10. The third kappa shape index (κ3) is 5.64. The van der Waals surface area contributed by atoms with Crippen LogP contribution >= 0.6 is 27.5 Å². The number of anilines is 1. The number of amides is 2. The first-order chi connectivity index (χ1) is 16.2. The number of fused-ring (bicyclic) bond motifs is 1. The molecular formula is C22H21BrClF3N6O. The molecule has 34 heavy (non-hydrogen) atoms. The number of nitrogens with zero attached hydrogens (tertiary/aromatic N) is 3. The number of urea groups is 1. The smallest absolute Gasteiger partial charge is 0.368 e. The second-order valence-electron chi connectivity index (χ2n) is 7.75. The molecular weight excluding hydrogens is 537 g/mol. The van der Waals surface area contributed by atoms with Crippen molar-refractivity contribution in [1.82, 2.24) is 25.2 Å². The minimum Gasteiger partial charge on any atom is -0.368 e. The number of halogens is 5. The van der Waals surface area contributed by atoms with Gasteiger partial charge in [-0.05, 0) is 47.3 Å². The summed E-state index contributed by atoms with van der Waals surface area (Å²) in [5.74, 6) is 0.630. The Bertz CT molecular complexity index is 1220. The number of alkyl halides is 3. The van der Waals surface area contributed by atoms with Crippen molar-refractivity contribution in [2.75, 3.05) is 18.4 Å². The molecule has 2 amide bonds. The number of carbonyl (C=O) groups is 1. The van der Waals surface area contributed by atoms with Crippen molar-refractivity contribution in [3.05, 3.63) is 69.1 Å². The zero-order valence-corrected chi connectivity index (χ0v) is 20.1. The van der Waals surface area contributed by atoms with Gasteiger partial charge in [-0.1, -0.05) is 29.8 Å². The van der Waals surface area contributed by atoms with Gasteiger partial charge in [0.1, 0.15) is 5.82 Å². The van der Waals surface area contributed by atoms with Gasteiger partial charge in [-0.15, -0.1) is 0 Å². The normalized spacial score (nSPS) is 18.3. The molecule has 4 rings (SSSR count). The minimum absolute atomic E-state index is 0.0569. The van der Waals surface area contributed by atoms with Crippen molar-refractivity contribution in [2.45, 2.75) is 31.4 Å². The number of nitrogens with one attached hydrogen (secondary N) is 3. The number of carbonyl (C=O) groups excluding carboxylic acids is 1. The van der Waals surface area contributed by atoms with E-state index < -0.39 is 17.8 Å². The summed E-state index contributed by atoms with van der Waals surface area (Å²) in [6.07, 6.45) is 6.09. The molecule has 2 aromatic heterocycles. The average Bonchev–Trinajstić information content (AvgIpc) is 3.17. The Labute approximate surface area is 207 Å². The summed E-state index contributed by atoms with van der Waals surface area (Å²) in [4.78, 5) is 16.8. The molecule has 1 atom stereocenters. The summed E-state index contributed by atoms with van der Waals surface area (Å²) in [6, 6.07) is 1.40. The first kappa shape index (κ1) is 24.3. The first-order valence-corrected chi connectivity index (χ1v) is 11.7. The maximum atomic E-state index is 12.7. The molecule has 0 spiro atoms. The zero-order valence-electron chi connectivity index (χ0n) is 17.8. The molecule has 0 saturated heterocycles. The van der Waals surface area contributed by atoms with Crippen LogP contribution in [0.25, 0.3) is 5.65 Å². The fourth-order valence-electron chi connectivity index (χ4n) is 3.66. The van der Waals surface area contributed by atoms with Crippen LogP contribution in [0.1, 0.15) is 30.9 Å². The lowest BCUT2D eigenvalue weighted by Crippen LogP contribution is -2.38. The summed E-state index contributed by atoms with van der Waals surface area (Å²) in [6.45, 7) is 0.659. The lowest BCUT2D eigenvalue weighted by atomic mass is 9.96. The third-order valence-electron chi connectivity index (χ3n) is 5.41. The second-order valence-corrected chi connectivity index (χ2v) is 9.04. The van der Waals surface area contributed by atoms with E-state index >= 15 is 0 Å². The Morgan fingerprint density at radius 2 is 2.06 bits per heavy atom. The van der Waals surface area contributed by atoms with Crippen LogP contribution in [0.5, 0.6) is 0 Å². The summed E-state index contributed by atoms with van der Waals surface area (Å²) in [5, 5.41) is 13.6. The highest BCUT2D eigenvalue weighted by atomic mass is 79.9. The van der Waals surface area contributed by atoms with Crippen molar-refractivity contribution in [1.29, 1.82) is 0 Å². The Morgan fingerprint density at radius 1 is 1.24 bits per heavy atom. The van der Waals surface area contributed by atoms with Crippen LogP contribution in [0.3, 0.4) is 0 Å². The van der Waals surface area contributed by atoms with Crippen LogP contribution in [0.15, 0.2) is 63.4 Å². The van der Waals surface area contributed by atoms with E-state index in [1.807, 2.05) is 24.3 Å². The molecule has 0 bridgehead atoms. The molecule has 0 fully saturated rings. The summed E-state index contributed by atoms with van der Waals surface area (Å²) >= 11 is 9.87. The van der Waals surface area contributed by atoms with Crippen LogP contribution in [0, 0.1) is 0 Å². The molecule has 0 aromatic carbocycles. The topological polar surface area (TPSA) is 83.3 Å². The van der Waals surface area contributed by atoms with Crippen LogP contribution in [0.4, 0.5) is 23.8 Å². The molecule has 12 heteroatoms. The fraction of sp³-hybridized carbons (Fsp3) is 0.318. The molecule has 1 unspecified atom stereocenters. The Balaban J connectivity index is 1.35. The third-order valence-corrected chi connectivity index (χ3v) is 6.35. The van der Waals surface area contributed by atoms with Crippen LogP contribution < -0.4 is 16.0 Å². The van der Waals surface area contributed by atoms with Crippen molar-refractivity contribution >= 4 is 45.0 Å². The van der Waals surface area contributed by atoms with E-state index in [4.69, 9.17) is 16.6 Å². The average molecular weight is 558 g/mol. The molecule has 2 aromatic rings. The SMILES string of the molecule is O=C(NCCNc1cc(C2CC=CC=C2Cl)nc2c(Br)cnn12)NC1=CC=C(C(F)(F)F)CC1. The summed E-state index contributed by atoms with van der Waals surface area (Å²) < 4.78 is 40.5. The van der Waals surface area contributed by atoms with Gasteiger partial charge in [-0.2, -0.15) is 22.8 Å². The van der Waals surface area contributed by atoms with Gasteiger partial charge < -0.3 is 16.0 Å². The van der Waals surface area contributed by atoms with Gasteiger partial charge in [0, 0.05) is 41.4 Å². The molecule has 0 radical (unpaired) electrons. The van der Waals surface area contributed by atoms with Gasteiger partial charge in [-0.3, -0.25) is 0 Å². The number of hydrogen-bond acceptors (Lipinski definition) is 4. The quantitative estimate of drug-likeness (QED) is 0.408. The monoisotopic (exact) mass is 556 g/mol. The van der Waals surface area contributed by atoms with E-state index in [1.54, 1.807) is 10.7 Å². The van der Waals surface area contributed by atoms with E-state index in [0.717, 1.165) is 22.7 Å². The summed E-state index contributed by atoms with van der Waals surface area (Å²) in [5.41, 5.74) is 1.27. The van der Waals surface area contributed by atoms with Crippen molar-refractivity contribution < 1.29 is 18.0 Å². The Hall–Kier alpha value is -2.79. The van der Waals surface area contributed by atoms with Crippen LogP contribution in [-0.4, -0.2) is 39.9 Å². The predicted octanol–water partition coefficient (Wildman–Crippen LogP) is 5.54. The fourth-order valence-corrected chi connectivity index (χ4v) is 4.28. The maximum absolute atomic E-state index is 12.7. The predicted molar refractivity (Wildman–Crippen MR) is 128 cm³/mol. The lowest BCUT2D eigenvalue weighted by molar-refractivity contribution is -0.0941. The van der Waals surface area contributed by atoms with Crippen molar-refractivity contribution in [3.8, 4) is 0 Å². The molecule has 2 aliphatic rings. The standard InChI is InChI=1S/C22H21BrClF3N6O/c23-16-12-30-33-19(11-18(32-20(16)33)15-3-1-2-4-17(15)24)28-9-10-29-21(34)31-14-7-5-13(6-8-14)22(25,26)27/h1-2,4-5,7,11-12,15,28H,3,6,8-10H2,(H2,29,31,34). The van der Waals surface area contributed by atoms with E-state index in [0.29, 0.717) is 28.7 Å². The second kappa shape index (κ2) is 10.2. The highest BCUT2D eigenvalue weighted by Crippen LogP contribution is 2.35. The van der Waals surface area contributed by atoms with E-state index in [1.165, 1.54) is 6.08 Å². The zero-order chi connectivity index (χ0) is 24.3. The minimum atomic E-state index is -4.34. The van der Waals surface area contributed by atoms with E-state index in [2.05, 4.69) is 37.0 Å². The highest BCUT2D eigenvalue weighted by Gasteiger charge is 2.33.